The van der Waals surface area contributed by atoms with Crippen LogP contribution >= 0.6 is 0 Å². The molecule has 0 saturated heterocycles. The summed E-state index contributed by atoms with van der Waals surface area (Å²) in [5.41, 5.74) is 0.264. The van der Waals surface area contributed by atoms with Gasteiger partial charge in [0.05, 0.1) is 0 Å². The summed E-state index contributed by atoms with van der Waals surface area (Å²) in [6.45, 7) is 5.03. The maximum atomic E-state index is 9.83. The quantitative estimate of drug-likeness (QED) is 0.361. The number of aliphatic carboxylic acids is 1. The van der Waals surface area contributed by atoms with E-state index in [0.717, 1.165) is 0 Å². The van der Waals surface area contributed by atoms with Crippen LogP contribution in [0.1, 0.15) is 14.8 Å². The maximum absolute atomic E-state index is 9.83. The summed E-state index contributed by atoms with van der Waals surface area (Å²) in [5.74, 6) is -0.900. The summed E-state index contributed by atoms with van der Waals surface area (Å²) >= 11 is 0. The van der Waals surface area contributed by atoms with E-state index < -0.39 is 5.97 Å². The van der Waals surface area contributed by atoms with Crippen LogP contribution in [0.15, 0.2) is 12.2 Å². The molecule has 0 radical (unpaired) electrons. The third kappa shape index (κ3) is 4.99. The van der Waals surface area contributed by atoms with Crippen LogP contribution in [-0.4, -0.2) is 11.1 Å². The number of hydrogen-bond acceptors (Lipinski definition) is 1. The predicted octanol–water partition coefficient (Wildman–Crippen LogP) is -1.85. The van der Waals surface area contributed by atoms with Crippen molar-refractivity contribution in [2.45, 2.75) is 13.3 Å². The van der Waals surface area contributed by atoms with Crippen molar-refractivity contribution >= 4 is 5.97 Å². The Morgan fingerprint density at radius 2 is 2.25 bits per heavy atom. The first-order chi connectivity index (χ1) is 3.18. The molecule has 0 bridgehead atoms. The molecule has 1 N–H and O–H groups in total. The third-order valence-corrected chi connectivity index (χ3v) is 0.729. The molecule has 0 aromatic heterocycles. The SMILES string of the molecule is C=C(CC)C(=O)O.[H-].[K+]. The Balaban J connectivity index is -0.000000180. The number of carboxylic acid groups (broad SMARTS) is 1. The molecule has 8 heavy (non-hydrogen) atoms. The minimum Gasteiger partial charge on any atom is -1.00 e. The standard InChI is InChI=1S/C5H8O2.K.H/c1-3-4(2)5(6)7;;/h2-3H2,1H3,(H,6,7);;/q;+1;-1. The average Bonchev–Trinajstić information content (AvgIpc) is 1.65. The average molecular weight is 140 g/mol. The Morgan fingerprint density at radius 1 is 1.88 bits per heavy atom. The molecule has 0 unspecified atom stereocenters. The van der Waals surface area contributed by atoms with Gasteiger partial charge in [0.15, 0.2) is 0 Å². The first-order valence-electron chi connectivity index (χ1n) is 2.09. The summed E-state index contributed by atoms with van der Waals surface area (Å²) in [5, 5.41) is 8.08. The van der Waals surface area contributed by atoms with Crippen LogP contribution in [0.2, 0.25) is 0 Å². The molecule has 0 saturated carbocycles. The van der Waals surface area contributed by atoms with Gasteiger partial charge in [-0.1, -0.05) is 13.5 Å². The van der Waals surface area contributed by atoms with E-state index in [4.69, 9.17) is 5.11 Å². The van der Waals surface area contributed by atoms with Crippen LogP contribution in [0.4, 0.5) is 0 Å². The number of rotatable bonds is 2. The first-order valence-corrected chi connectivity index (χ1v) is 2.09. The normalized spacial score (nSPS) is 7.12. The summed E-state index contributed by atoms with van der Waals surface area (Å²) in [7, 11) is 0. The monoisotopic (exact) mass is 140 g/mol. The molecule has 0 aliphatic heterocycles. The van der Waals surface area contributed by atoms with Crippen molar-refractivity contribution in [3.63, 3.8) is 0 Å². The van der Waals surface area contributed by atoms with Crippen molar-refractivity contribution < 1.29 is 62.7 Å². The van der Waals surface area contributed by atoms with Crippen molar-refractivity contribution in [2.24, 2.45) is 0 Å². The molecule has 42 valence electrons. The summed E-state index contributed by atoms with van der Waals surface area (Å²) < 4.78 is 0. The van der Waals surface area contributed by atoms with Gasteiger partial charge in [-0.2, -0.15) is 0 Å². The van der Waals surface area contributed by atoms with Crippen molar-refractivity contribution in [1.82, 2.24) is 0 Å². The Hall–Kier alpha value is 0.846. The van der Waals surface area contributed by atoms with E-state index in [-0.39, 0.29) is 58.4 Å². The van der Waals surface area contributed by atoms with E-state index in [1.165, 1.54) is 0 Å². The van der Waals surface area contributed by atoms with Crippen molar-refractivity contribution in [3.8, 4) is 0 Å². The van der Waals surface area contributed by atoms with Gasteiger partial charge in [0.25, 0.3) is 0 Å². The molecule has 0 rings (SSSR count). The molecule has 3 heteroatoms. The molecule has 0 aliphatic carbocycles. The zero-order valence-electron chi connectivity index (χ0n) is 6.27. The van der Waals surface area contributed by atoms with Crippen LogP contribution in [-0.2, 0) is 4.79 Å². The van der Waals surface area contributed by atoms with Gasteiger partial charge < -0.3 is 6.53 Å². The molecule has 0 fully saturated rings. The minimum absolute atomic E-state index is 0. The van der Waals surface area contributed by atoms with Crippen molar-refractivity contribution in [1.29, 1.82) is 0 Å². The second-order valence-corrected chi connectivity index (χ2v) is 1.26. The fourth-order valence-electron chi connectivity index (χ4n) is 0.151. The molecule has 0 heterocycles. The van der Waals surface area contributed by atoms with Gasteiger partial charge >= 0.3 is 57.4 Å². The fraction of sp³-hybridized carbons (Fsp3) is 0.400. The van der Waals surface area contributed by atoms with Gasteiger partial charge in [0.1, 0.15) is 0 Å². The number of carbonyl (C=O) groups is 1. The van der Waals surface area contributed by atoms with Gasteiger partial charge in [0.2, 0.25) is 0 Å². The van der Waals surface area contributed by atoms with Gasteiger partial charge in [-0.25, -0.2) is 4.79 Å². The molecule has 0 amide bonds. The van der Waals surface area contributed by atoms with E-state index in [0.29, 0.717) is 6.42 Å². The first kappa shape index (κ1) is 11.6. The van der Waals surface area contributed by atoms with Crippen LogP contribution in [0.5, 0.6) is 0 Å². The van der Waals surface area contributed by atoms with E-state index in [1.807, 2.05) is 0 Å². The van der Waals surface area contributed by atoms with Gasteiger partial charge in [-0.05, 0) is 6.42 Å². The topological polar surface area (TPSA) is 37.3 Å². The van der Waals surface area contributed by atoms with Crippen LogP contribution in [0.3, 0.4) is 0 Å². The molecule has 0 atom stereocenters. The summed E-state index contributed by atoms with van der Waals surface area (Å²) in [6, 6.07) is 0. The van der Waals surface area contributed by atoms with E-state index in [1.54, 1.807) is 6.92 Å². The Morgan fingerprint density at radius 3 is 2.25 bits per heavy atom. The molecular formula is C5H9KO2. The Kier molecular flexibility index (Phi) is 8.68. The number of hydrogen-bond donors (Lipinski definition) is 1. The molecule has 0 spiro atoms. The summed E-state index contributed by atoms with van der Waals surface area (Å²) in [6.07, 6.45) is 0.523. The molecule has 0 aliphatic rings. The van der Waals surface area contributed by atoms with Gasteiger partial charge in [0, 0.05) is 5.57 Å². The second-order valence-electron chi connectivity index (χ2n) is 1.26. The van der Waals surface area contributed by atoms with E-state index in [2.05, 4.69) is 6.58 Å². The van der Waals surface area contributed by atoms with Gasteiger partial charge in [-0.15, -0.1) is 0 Å². The Bertz CT molecular complexity index is 103. The smallest absolute Gasteiger partial charge is 1.00 e. The van der Waals surface area contributed by atoms with Crippen LogP contribution in [0.25, 0.3) is 0 Å². The zero-order chi connectivity index (χ0) is 5.86. The largest absolute Gasteiger partial charge is 1.00 e. The van der Waals surface area contributed by atoms with Crippen LogP contribution < -0.4 is 51.4 Å². The van der Waals surface area contributed by atoms with Gasteiger partial charge in [-0.3, -0.25) is 0 Å². The molecular weight excluding hydrogens is 131 g/mol. The Labute approximate surface area is 92.9 Å². The number of carboxylic acids is 1. The third-order valence-electron chi connectivity index (χ3n) is 0.729. The maximum Gasteiger partial charge on any atom is 1.00 e. The van der Waals surface area contributed by atoms with Crippen molar-refractivity contribution in [2.75, 3.05) is 0 Å². The zero-order valence-corrected chi connectivity index (χ0v) is 8.39. The van der Waals surface area contributed by atoms with E-state index in [9.17, 15) is 4.79 Å². The summed E-state index contributed by atoms with van der Waals surface area (Å²) in [4.78, 5) is 9.83. The van der Waals surface area contributed by atoms with Crippen molar-refractivity contribution in [3.05, 3.63) is 12.2 Å². The molecule has 2 nitrogen and oxygen atoms in total. The molecule has 0 aromatic carbocycles. The minimum atomic E-state index is -0.900. The van der Waals surface area contributed by atoms with Crippen LogP contribution in [0, 0.1) is 0 Å². The van der Waals surface area contributed by atoms with E-state index >= 15 is 0 Å². The fourth-order valence-corrected chi connectivity index (χ4v) is 0.151. The predicted molar refractivity (Wildman–Crippen MR) is 28.2 cm³/mol. The second kappa shape index (κ2) is 5.97. The molecule has 0 aromatic rings.